The first-order chi connectivity index (χ1) is 31.0. The lowest BCUT2D eigenvalue weighted by molar-refractivity contribution is 0.660. The third kappa shape index (κ3) is 6.09. The van der Waals surface area contributed by atoms with Gasteiger partial charge < -0.3 is 9.47 Å². The quantitative estimate of drug-likeness (QED) is 0.156. The molecule has 12 rings (SSSR count). The highest BCUT2D eigenvalue weighted by atomic mass is 15.1. The predicted octanol–water partition coefficient (Wildman–Crippen LogP) is 16.7. The molecule has 0 N–H and O–H groups in total. The Hall–Kier alpha value is -7.94. The van der Waals surface area contributed by atoms with Gasteiger partial charge in [-0.2, -0.15) is 0 Å². The molecular formula is C61H44N2. The maximum Gasteiger partial charge on any atom is 0.0541 e. The summed E-state index contributed by atoms with van der Waals surface area (Å²) in [5, 5.41) is 4.97. The van der Waals surface area contributed by atoms with E-state index < -0.39 is 0 Å². The topological polar surface area (TPSA) is 8.17 Å². The van der Waals surface area contributed by atoms with E-state index in [1.807, 2.05) is 0 Å². The fourth-order valence-electron chi connectivity index (χ4n) is 10.2. The molecule has 1 aliphatic carbocycles. The van der Waals surface area contributed by atoms with Crippen molar-refractivity contribution in [3.05, 3.63) is 242 Å². The van der Waals surface area contributed by atoms with Gasteiger partial charge in [0, 0.05) is 38.6 Å². The zero-order chi connectivity index (χ0) is 42.1. The number of benzene rings is 10. The fraction of sp³-hybridized carbons (Fsp3) is 0.0492. The van der Waals surface area contributed by atoms with Crippen LogP contribution in [0, 0.1) is 0 Å². The first-order valence-corrected chi connectivity index (χ1v) is 21.9. The molecule has 2 heteroatoms. The molecule has 0 fully saturated rings. The van der Waals surface area contributed by atoms with Crippen LogP contribution in [0.2, 0.25) is 0 Å². The highest BCUT2D eigenvalue weighted by molar-refractivity contribution is 6.10. The number of aromatic nitrogens is 1. The van der Waals surface area contributed by atoms with Crippen molar-refractivity contribution in [1.29, 1.82) is 0 Å². The van der Waals surface area contributed by atoms with Crippen molar-refractivity contribution in [2.75, 3.05) is 4.90 Å². The van der Waals surface area contributed by atoms with Crippen molar-refractivity contribution < 1.29 is 0 Å². The van der Waals surface area contributed by atoms with Crippen molar-refractivity contribution in [3.8, 4) is 50.2 Å². The summed E-state index contributed by atoms with van der Waals surface area (Å²) < 4.78 is 2.45. The van der Waals surface area contributed by atoms with Crippen molar-refractivity contribution in [3.63, 3.8) is 0 Å². The summed E-state index contributed by atoms with van der Waals surface area (Å²) >= 11 is 0. The van der Waals surface area contributed by atoms with Gasteiger partial charge >= 0.3 is 0 Å². The number of anilines is 3. The Labute approximate surface area is 368 Å². The molecule has 0 aliphatic heterocycles. The lowest BCUT2D eigenvalue weighted by Crippen LogP contribution is -2.17. The lowest BCUT2D eigenvalue weighted by atomic mass is 9.82. The Kier molecular flexibility index (Phi) is 8.55. The number of hydrogen-bond donors (Lipinski definition) is 0. The average molecular weight is 805 g/mol. The Morgan fingerprint density at radius 3 is 1.62 bits per heavy atom. The Balaban J connectivity index is 0.955. The minimum absolute atomic E-state index is 0.242. The molecule has 0 amide bonds. The molecule has 0 saturated carbocycles. The van der Waals surface area contributed by atoms with E-state index >= 15 is 0 Å². The molecule has 1 aromatic heterocycles. The molecule has 10 aromatic carbocycles. The molecule has 1 heterocycles. The van der Waals surface area contributed by atoms with Crippen molar-refractivity contribution >= 4 is 49.6 Å². The molecule has 0 spiro atoms. The van der Waals surface area contributed by atoms with Gasteiger partial charge in [-0.05, 0) is 128 Å². The van der Waals surface area contributed by atoms with Crippen LogP contribution < -0.4 is 4.90 Å². The lowest BCUT2D eigenvalue weighted by Gasteiger charge is -2.29. The average Bonchev–Trinajstić information content (AvgIpc) is 3.79. The SMILES string of the molecule is CC1(C)c2cc(N(c3ccc(-c4cccc(-c5ccccc5)c4)cc3)c3cccc4ccccc34)ccc2-c2ccc(-n3c4ccccc4c4cc(-c5ccccc5)ccc43)cc21. The summed E-state index contributed by atoms with van der Waals surface area (Å²) in [6.45, 7) is 4.79. The van der Waals surface area contributed by atoms with Crippen molar-refractivity contribution in [2.24, 2.45) is 0 Å². The maximum atomic E-state index is 2.45. The Morgan fingerprint density at radius 2 is 0.873 bits per heavy atom. The van der Waals surface area contributed by atoms with Crippen LogP contribution in [0.15, 0.2) is 231 Å². The van der Waals surface area contributed by atoms with E-state index in [0.29, 0.717) is 0 Å². The zero-order valence-corrected chi connectivity index (χ0v) is 35.3. The summed E-state index contributed by atoms with van der Waals surface area (Å²) in [4.78, 5) is 2.44. The van der Waals surface area contributed by atoms with Gasteiger partial charge in [-0.1, -0.05) is 178 Å². The first kappa shape index (κ1) is 36.9. The summed E-state index contributed by atoms with van der Waals surface area (Å²) in [6, 6.07) is 84.6. The van der Waals surface area contributed by atoms with Gasteiger partial charge in [0.2, 0.25) is 0 Å². The Morgan fingerprint density at radius 1 is 0.349 bits per heavy atom. The van der Waals surface area contributed by atoms with Crippen LogP contribution in [0.1, 0.15) is 25.0 Å². The molecule has 298 valence electrons. The van der Waals surface area contributed by atoms with Crippen LogP contribution in [0.4, 0.5) is 17.1 Å². The molecular weight excluding hydrogens is 761 g/mol. The van der Waals surface area contributed by atoms with E-state index in [-0.39, 0.29) is 5.41 Å². The standard InChI is InChI=1S/C61H44N2/c1-61(2)56-39-49(62(58-26-14-20-44-19-9-10-23-51(44)58)48-30-27-43(28-31-48)46-22-13-21-45(37-46)41-15-5-3-6-16-41)32-34-52(56)53-35-33-50(40-57(53)61)63-59-25-12-11-24-54(59)55-38-47(29-36-60(55)63)42-17-7-4-8-18-42/h3-40H,1-2H3. The number of fused-ring (bicyclic) bond motifs is 7. The smallest absolute Gasteiger partial charge is 0.0541 e. The molecule has 63 heavy (non-hydrogen) atoms. The van der Waals surface area contributed by atoms with Gasteiger partial charge in [0.15, 0.2) is 0 Å². The highest BCUT2D eigenvalue weighted by Crippen LogP contribution is 2.52. The summed E-state index contributed by atoms with van der Waals surface area (Å²) in [5.41, 5.74) is 19.4. The van der Waals surface area contributed by atoms with Crippen LogP contribution in [0.25, 0.3) is 82.8 Å². The van der Waals surface area contributed by atoms with Gasteiger partial charge in [0.05, 0.1) is 16.7 Å². The van der Waals surface area contributed by atoms with Crippen LogP contribution >= 0.6 is 0 Å². The normalized spacial score (nSPS) is 12.7. The predicted molar refractivity (Wildman–Crippen MR) is 267 cm³/mol. The van der Waals surface area contributed by atoms with Crippen LogP contribution in [-0.4, -0.2) is 4.57 Å². The van der Waals surface area contributed by atoms with Crippen LogP contribution in [-0.2, 0) is 5.41 Å². The van der Waals surface area contributed by atoms with Gasteiger partial charge in [-0.3, -0.25) is 0 Å². The monoisotopic (exact) mass is 804 g/mol. The third-order valence-corrected chi connectivity index (χ3v) is 13.4. The van der Waals surface area contributed by atoms with E-state index in [1.54, 1.807) is 0 Å². The minimum Gasteiger partial charge on any atom is -0.310 e. The van der Waals surface area contributed by atoms with Crippen LogP contribution in [0.3, 0.4) is 0 Å². The third-order valence-electron chi connectivity index (χ3n) is 13.4. The number of hydrogen-bond acceptors (Lipinski definition) is 1. The van der Waals surface area contributed by atoms with Gasteiger partial charge in [0.25, 0.3) is 0 Å². The van der Waals surface area contributed by atoms with E-state index in [2.05, 4.69) is 254 Å². The minimum atomic E-state index is -0.242. The van der Waals surface area contributed by atoms with Crippen molar-refractivity contribution in [2.45, 2.75) is 19.3 Å². The number of para-hydroxylation sites is 1. The molecule has 0 saturated heterocycles. The van der Waals surface area contributed by atoms with Gasteiger partial charge in [-0.15, -0.1) is 0 Å². The van der Waals surface area contributed by atoms with E-state index in [4.69, 9.17) is 0 Å². The highest BCUT2D eigenvalue weighted by Gasteiger charge is 2.37. The first-order valence-electron chi connectivity index (χ1n) is 21.9. The molecule has 0 bridgehead atoms. The molecule has 11 aromatic rings. The van der Waals surface area contributed by atoms with E-state index in [1.165, 1.54) is 93.9 Å². The largest absolute Gasteiger partial charge is 0.310 e. The van der Waals surface area contributed by atoms with Gasteiger partial charge in [-0.25, -0.2) is 0 Å². The van der Waals surface area contributed by atoms with E-state index in [9.17, 15) is 0 Å². The summed E-state index contributed by atoms with van der Waals surface area (Å²) in [7, 11) is 0. The van der Waals surface area contributed by atoms with E-state index in [0.717, 1.165) is 17.1 Å². The summed E-state index contributed by atoms with van der Waals surface area (Å²) in [5.74, 6) is 0. The summed E-state index contributed by atoms with van der Waals surface area (Å²) in [6.07, 6.45) is 0. The number of rotatable bonds is 7. The molecule has 0 radical (unpaired) electrons. The Bertz CT molecular complexity index is 3520. The van der Waals surface area contributed by atoms with Crippen LogP contribution in [0.5, 0.6) is 0 Å². The zero-order valence-electron chi connectivity index (χ0n) is 35.3. The second-order valence-electron chi connectivity index (χ2n) is 17.4. The van der Waals surface area contributed by atoms with Crippen molar-refractivity contribution in [1.82, 2.24) is 4.57 Å². The molecule has 0 unspecified atom stereocenters. The number of nitrogens with zero attached hydrogens (tertiary/aromatic N) is 2. The second-order valence-corrected chi connectivity index (χ2v) is 17.4. The second kappa shape index (κ2) is 14.6. The molecule has 2 nitrogen and oxygen atoms in total. The molecule has 0 atom stereocenters. The maximum absolute atomic E-state index is 2.45. The molecule has 1 aliphatic rings. The fourth-order valence-corrected chi connectivity index (χ4v) is 10.2. The van der Waals surface area contributed by atoms with Gasteiger partial charge in [0.1, 0.15) is 0 Å².